The summed E-state index contributed by atoms with van der Waals surface area (Å²) in [4.78, 5) is 15.5. The fourth-order valence-corrected chi connectivity index (χ4v) is 4.13. The minimum atomic E-state index is -0.359. The van der Waals surface area contributed by atoms with Crippen LogP contribution in [0.4, 0.5) is 0 Å². The summed E-state index contributed by atoms with van der Waals surface area (Å²) in [5.74, 6) is 0.196. The average molecular weight is 351 g/mol. The van der Waals surface area contributed by atoms with Crippen molar-refractivity contribution >= 4 is 5.91 Å². The molecule has 1 aliphatic heterocycles. The van der Waals surface area contributed by atoms with E-state index in [1.807, 2.05) is 19.9 Å². The Bertz CT molecular complexity index is 741. The van der Waals surface area contributed by atoms with Crippen molar-refractivity contribution < 1.29 is 4.79 Å². The average Bonchev–Trinajstić information content (AvgIpc) is 2.62. The Hall–Kier alpha value is -2.13. The zero-order chi connectivity index (χ0) is 18.6. The normalized spacial score (nSPS) is 20.9. The van der Waals surface area contributed by atoms with Gasteiger partial charge in [0.15, 0.2) is 0 Å². The molecule has 3 rings (SSSR count). The van der Waals surface area contributed by atoms with Crippen LogP contribution >= 0.6 is 0 Å². The van der Waals surface area contributed by atoms with E-state index in [0.717, 1.165) is 32.4 Å². The fraction of sp³-hybridized carbons (Fsp3) is 0.435. The highest BCUT2D eigenvalue weighted by molar-refractivity contribution is 5.84. The van der Waals surface area contributed by atoms with E-state index in [2.05, 4.69) is 65.8 Å². The molecule has 138 valence electrons. The second kappa shape index (κ2) is 8.05. The largest absolute Gasteiger partial charge is 0.353 e. The number of hydrogen-bond acceptors (Lipinski definition) is 2. The molecule has 1 amide bonds. The van der Waals surface area contributed by atoms with Crippen LogP contribution in [0.2, 0.25) is 0 Å². The van der Waals surface area contributed by atoms with Gasteiger partial charge in [0.1, 0.15) is 0 Å². The zero-order valence-electron chi connectivity index (χ0n) is 16.2. The molecule has 0 saturated carbocycles. The van der Waals surface area contributed by atoms with Gasteiger partial charge in [-0.1, -0.05) is 54.6 Å². The summed E-state index contributed by atoms with van der Waals surface area (Å²) in [6.45, 7) is 5.96. The van der Waals surface area contributed by atoms with Gasteiger partial charge >= 0.3 is 0 Å². The van der Waals surface area contributed by atoms with Crippen molar-refractivity contribution in [3.8, 4) is 11.1 Å². The quantitative estimate of drug-likeness (QED) is 0.879. The van der Waals surface area contributed by atoms with E-state index in [1.165, 1.54) is 16.7 Å². The lowest BCUT2D eigenvalue weighted by Gasteiger charge is -2.41. The number of carbonyl (C=O) groups excluding carboxylic acids is 1. The number of amides is 1. The molecule has 1 unspecified atom stereocenters. The maximum Gasteiger partial charge on any atom is 0.228 e. The molecule has 0 spiro atoms. The molecular weight excluding hydrogens is 320 g/mol. The molecule has 1 N–H and O–H groups in total. The molecule has 1 aliphatic rings. The molecule has 0 radical (unpaired) electrons. The molecule has 1 atom stereocenters. The van der Waals surface area contributed by atoms with E-state index in [9.17, 15) is 4.79 Å². The van der Waals surface area contributed by atoms with Gasteiger partial charge in [-0.25, -0.2) is 0 Å². The predicted octanol–water partition coefficient (Wildman–Crippen LogP) is 4.13. The van der Waals surface area contributed by atoms with Crippen molar-refractivity contribution in [2.45, 2.75) is 39.2 Å². The van der Waals surface area contributed by atoms with Crippen LogP contribution in [0.15, 0.2) is 54.6 Å². The van der Waals surface area contributed by atoms with Gasteiger partial charge in [-0.3, -0.25) is 4.79 Å². The van der Waals surface area contributed by atoms with Crippen molar-refractivity contribution in [1.29, 1.82) is 0 Å². The summed E-state index contributed by atoms with van der Waals surface area (Å²) >= 11 is 0. The third kappa shape index (κ3) is 4.16. The van der Waals surface area contributed by atoms with Crippen LogP contribution in [0.5, 0.6) is 0 Å². The summed E-state index contributed by atoms with van der Waals surface area (Å²) in [6, 6.07) is 19.2. The monoisotopic (exact) mass is 350 g/mol. The van der Waals surface area contributed by atoms with Gasteiger partial charge in [0, 0.05) is 12.6 Å². The van der Waals surface area contributed by atoms with Crippen LogP contribution in [0.25, 0.3) is 11.1 Å². The number of hydrogen-bond donors (Lipinski definition) is 1. The van der Waals surface area contributed by atoms with Crippen molar-refractivity contribution in [3.63, 3.8) is 0 Å². The Morgan fingerprint density at radius 3 is 2.50 bits per heavy atom. The second-order valence-electron chi connectivity index (χ2n) is 7.95. The Morgan fingerprint density at radius 2 is 1.81 bits per heavy atom. The lowest BCUT2D eigenvalue weighted by Crippen LogP contribution is -2.53. The van der Waals surface area contributed by atoms with Crippen LogP contribution in [-0.2, 0) is 11.2 Å². The van der Waals surface area contributed by atoms with Crippen molar-refractivity contribution in [1.82, 2.24) is 10.2 Å². The second-order valence-corrected chi connectivity index (χ2v) is 7.95. The first kappa shape index (κ1) is 18.7. The third-order valence-corrected chi connectivity index (χ3v) is 5.30. The molecule has 26 heavy (non-hydrogen) atoms. The lowest BCUT2D eigenvalue weighted by molar-refractivity contribution is -0.134. The molecule has 3 nitrogen and oxygen atoms in total. The summed E-state index contributed by atoms with van der Waals surface area (Å²) in [6.07, 6.45) is 2.79. The van der Waals surface area contributed by atoms with Crippen LogP contribution in [-0.4, -0.2) is 37.0 Å². The van der Waals surface area contributed by atoms with Crippen molar-refractivity contribution in [2.24, 2.45) is 5.41 Å². The fourth-order valence-electron chi connectivity index (χ4n) is 4.13. The Labute approximate surface area is 157 Å². The maximum atomic E-state index is 13.2. The first-order valence-corrected chi connectivity index (χ1v) is 9.63. The van der Waals surface area contributed by atoms with Gasteiger partial charge < -0.3 is 10.2 Å². The standard InChI is InChI=1S/C23H30N2O/c1-18(2)24-22(26)23(14-9-15-25(3)17-23)16-20-12-7-8-13-21(20)19-10-5-4-6-11-19/h4-8,10-13,18H,9,14-17H2,1-3H3,(H,24,26). The summed E-state index contributed by atoms with van der Waals surface area (Å²) in [7, 11) is 2.12. The zero-order valence-corrected chi connectivity index (χ0v) is 16.2. The molecule has 1 heterocycles. The molecule has 1 saturated heterocycles. The first-order chi connectivity index (χ1) is 12.5. The molecule has 2 aromatic carbocycles. The highest BCUT2D eigenvalue weighted by Crippen LogP contribution is 2.36. The van der Waals surface area contributed by atoms with E-state index >= 15 is 0 Å². The van der Waals surface area contributed by atoms with E-state index in [4.69, 9.17) is 0 Å². The number of nitrogens with zero attached hydrogens (tertiary/aromatic N) is 1. The molecule has 2 aromatic rings. The Balaban J connectivity index is 1.96. The molecule has 1 fully saturated rings. The van der Waals surface area contributed by atoms with Gasteiger partial charge in [0.2, 0.25) is 5.91 Å². The Kier molecular flexibility index (Phi) is 5.77. The molecular formula is C23H30N2O. The van der Waals surface area contributed by atoms with Gasteiger partial charge in [-0.15, -0.1) is 0 Å². The molecule has 0 aromatic heterocycles. The lowest BCUT2D eigenvalue weighted by atomic mass is 9.73. The highest BCUT2D eigenvalue weighted by atomic mass is 16.2. The van der Waals surface area contributed by atoms with Crippen LogP contribution in [0.3, 0.4) is 0 Å². The highest BCUT2D eigenvalue weighted by Gasteiger charge is 2.41. The van der Waals surface area contributed by atoms with Gasteiger partial charge in [-0.05, 0) is 63.4 Å². The van der Waals surface area contributed by atoms with Crippen molar-refractivity contribution in [3.05, 3.63) is 60.2 Å². The van der Waals surface area contributed by atoms with Gasteiger partial charge in [-0.2, -0.15) is 0 Å². The number of benzene rings is 2. The van der Waals surface area contributed by atoms with Crippen LogP contribution < -0.4 is 5.32 Å². The molecule has 0 aliphatic carbocycles. The SMILES string of the molecule is CC(C)NC(=O)C1(Cc2ccccc2-c2ccccc2)CCCN(C)C1. The number of carbonyl (C=O) groups is 1. The molecule has 0 bridgehead atoms. The minimum Gasteiger partial charge on any atom is -0.353 e. The predicted molar refractivity (Wildman–Crippen MR) is 108 cm³/mol. The van der Waals surface area contributed by atoms with E-state index in [1.54, 1.807) is 0 Å². The maximum absolute atomic E-state index is 13.2. The topological polar surface area (TPSA) is 32.3 Å². The number of likely N-dealkylation sites (tertiary alicyclic amines) is 1. The van der Waals surface area contributed by atoms with E-state index < -0.39 is 0 Å². The van der Waals surface area contributed by atoms with Gasteiger partial charge in [0.05, 0.1) is 5.41 Å². The Morgan fingerprint density at radius 1 is 1.12 bits per heavy atom. The smallest absolute Gasteiger partial charge is 0.228 e. The van der Waals surface area contributed by atoms with Gasteiger partial charge in [0.25, 0.3) is 0 Å². The van der Waals surface area contributed by atoms with Crippen LogP contribution in [0.1, 0.15) is 32.3 Å². The van der Waals surface area contributed by atoms with E-state index in [0.29, 0.717) is 0 Å². The van der Waals surface area contributed by atoms with E-state index in [-0.39, 0.29) is 17.4 Å². The van der Waals surface area contributed by atoms with Crippen LogP contribution in [0, 0.1) is 5.41 Å². The summed E-state index contributed by atoms with van der Waals surface area (Å²) in [5, 5.41) is 3.19. The number of nitrogens with one attached hydrogen (secondary N) is 1. The summed E-state index contributed by atoms with van der Waals surface area (Å²) in [5.41, 5.74) is 3.35. The third-order valence-electron chi connectivity index (χ3n) is 5.30. The minimum absolute atomic E-state index is 0.163. The molecule has 3 heteroatoms. The first-order valence-electron chi connectivity index (χ1n) is 9.63. The number of piperidine rings is 1. The number of rotatable bonds is 5. The van der Waals surface area contributed by atoms with Crippen molar-refractivity contribution in [2.75, 3.05) is 20.1 Å². The summed E-state index contributed by atoms with van der Waals surface area (Å²) < 4.78 is 0.